The van der Waals surface area contributed by atoms with Crippen LogP contribution in [0.25, 0.3) is 0 Å². The van der Waals surface area contributed by atoms with Crippen molar-refractivity contribution in [2.45, 2.75) is 76.9 Å². The minimum absolute atomic E-state index is 0.0260. The van der Waals surface area contributed by atoms with Gasteiger partial charge in [0, 0.05) is 18.5 Å². The van der Waals surface area contributed by atoms with Crippen molar-refractivity contribution in [3.05, 3.63) is 24.3 Å². The SMILES string of the molecule is C=CCNC[C@]1(O)CC[C@H]2[C@@H]3CC=C4C[C@@H](O)CC[C@]4(C)[C@H]3CC[C@@]21C. The molecule has 0 saturated heterocycles. The first-order valence-corrected chi connectivity index (χ1v) is 10.8. The second-order valence-electron chi connectivity index (χ2n) is 10.1. The Morgan fingerprint density at radius 2 is 1.96 bits per heavy atom. The summed E-state index contributed by atoms with van der Waals surface area (Å²) in [4.78, 5) is 0. The number of rotatable bonds is 4. The molecule has 0 unspecified atom stereocenters. The molecule has 0 aliphatic heterocycles. The number of aliphatic hydroxyl groups excluding tert-OH is 1. The van der Waals surface area contributed by atoms with Crippen LogP contribution < -0.4 is 5.32 Å². The number of aliphatic hydroxyl groups is 2. The molecule has 3 nitrogen and oxygen atoms in total. The third kappa shape index (κ3) is 2.57. The smallest absolute Gasteiger partial charge is 0.0827 e. The van der Waals surface area contributed by atoms with Gasteiger partial charge in [0.2, 0.25) is 0 Å². The molecule has 0 heterocycles. The molecule has 3 N–H and O–H groups in total. The van der Waals surface area contributed by atoms with Crippen LogP contribution in [0.3, 0.4) is 0 Å². The molecular formula is C23H37NO2. The molecule has 7 atom stereocenters. The lowest BCUT2D eigenvalue weighted by atomic mass is 9.47. The van der Waals surface area contributed by atoms with Gasteiger partial charge in [0.1, 0.15) is 0 Å². The van der Waals surface area contributed by atoms with Crippen LogP contribution in [0.4, 0.5) is 0 Å². The number of hydrogen-bond acceptors (Lipinski definition) is 3. The molecule has 3 saturated carbocycles. The third-order valence-electron chi connectivity index (χ3n) is 9.11. The fraction of sp³-hybridized carbons (Fsp3) is 0.826. The van der Waals surface area contributed by atoms with Crippen molar-refractivity contribution in [2.24, 2.45) is 28.6 Å². The highest BCUT2D eigenvalue weighted by Crippen LogP contribution is 2.67. The first kappa shape index (κ1) is 18.7. The van der Waals surface area contributed by atoms with Gasteiger partial charge in [0.05, 0.1) is 11.7 Å². The Hall–Kier alpha value is -0.640. The second kappa shape index (κ2) is 6.46. The van der Waals surface area contributed by atoms with Gasteiger partial charge in [-0.1, -0.05) is 31.6 Å². The third-order valence-corrected chi connectivity index (χ3v) is 9.11. The van der Waals surface area contributed by atoms with Crippen molar-refractivity contribution >= 4 is 0 Å². The summed E-state index contributed by atoms with van der Waals surface area (Å²) in [5.74, 6) is 2.06. The highest BCUT2D eigenvalue weighted by Gasteiger charge is 2.63. The summed E-state index contributed by atoms with van der Waals surface area (Å²) in [7, 11) is 0. The standard InChI is InChI=1S/C23H37NO2/c1-4-13-24-15-23(26)12-9-20-18-6-5-16-14-17(25)7-10-21(16,2)19(18)8-11-22(20,23)3/h4-5,17-20,24-26H,1,6-15H2,2-3H3/t17-,18+,19-,20-,21-,22-,23+/m0/s1. The van der Waals surface area contributed by atoms with E-state index in [0.717, 1.165) is 57.4 Å². The topological polar surface area (TPSA) is 52.5 Å². The van der Waals surface area contributed by atoms with E-state index in [0.29, 0.717) is 18.4 Å². The maximum atomic E-state index is 11.5. The van der Waals surface area contributed by atoms with E-state index in [2.05, 4.69) is 31.8 Å². The molecule has 0 aromatic carbocycles. The van der Waals surface area contributed by atoms with Gasteiger partial charge in [-0.2, -0.15) is 0 Å². The van der Waals surface area contributed by atoms with Crippen LogP contribution in [-0.2, 0) is 0 Å². The lowest BCUT2D eigenvalue weighted by Crippen LogP contribution is -2.57. The molecule has 4 aliphatic rings. The van der Waals surface area contributed by atoms with Crippen molar-refractivity contribution in [1.82, 2.24) is 5.32 Å². The number of nitrogens with one attached hydrogen (secondary N) is 1. The fourth-order valence-corrected chi connectivity index (χ4v) is 7.42. The first-order valence-electron chi connectivity index (χ1n) is 10.8. The predicted octanol–water partition coefficient (Wildman–Crippen LogP) is 3.82. The molecule has 0 amide bonds. The van der Waals surface area contributed by atoms with E-state index in [1.807, 2.05) is 6.08 Å². The van der Waals surface area contributed by atoms with Crippen molar-refractivity contribution in [2.75, 3.05) is 13.1 Å². The summed E-state index contributed by atoms with van der Waals surface area (Å²) in [6.45, 7) is 10.1. The van der Waals surface area contributed by atoms with Crippen LogP contribution in [0.1, 0.15) is 65.2 Å². The van der Waals surface area contributed by atoms with E-state index in [-0.39, 0.29) is 16.9 Å². The Balaban J connectivity index is 1.59. The predicted molar refractivity (Wildman–Crippen MR) is 106 cm³/mol. The van der Waals surface area contributed by atoms with Crippen LogP contribution >= 0.6 is 0 Å². The fourth-order valence-electron chi connectivity index (χ4n) is 7.42. The van der Waals surface area contributed by atoms with Gasteiger partial charge in [-0.25, -0.2) is 0 Å². The number of fused-ring (bicyclic) bond motifs is 5. The Kier molecular flexibility index (Phi) is 4.65. The summed E-state index contributed by atoms with van der Waals surface area (Å²) < 4.78 is 0. The van der Waals surface area contributed by atoms with Crippen LogP contribution in [-0.4, -0.2) is 35.0 Å². The minimum Gasteiger partial charge on any atom is -0.393 e. The average molecular weight is 360 g/mol. The highest BCUT2D eigenvalue weighted by atomic mass is 16.3. The molecule has 0 bridgehead atoms. The summed E-state index contributed by atoms with van der Waals surface area (Å²) in [5.41, 5.74) is 1.25. The summed E-state index contributed by atoms with van der Waals surface area (Å²) >= 11 is 0. The Morgan fingerprint density at radius 3 is 2.73 bits per heavy atom. The van der Waals surface area contributed by atoms with Crippen LogP contribution in [0.2, 0.25) is 0 Å². The zero-order valence-corrected chi connectivity index (χ0v) is 16.6. The monoisotopic (exact) mass is 359 g/mol. The molecule has 0 spiro atoms. The Labute approximate surface area is 159 Å². The number of hydrogen-bond donors (Lipinski definition) is 3. The summed E-state index contributed by atoms with van der Waals surface area (Å²) in [6, 6.07) is 0. The summed E-state index contributed by atoms with van der Waals surface area (Å²) in [5, 5.41) is 25.1. The van der Waals surface area contributed by atoms with E-state index in [1.165, 1.54) is 12.0 Å². The average Bonchev–Trinajstić information content (AvgIpc) is 2.87. The van der Waals surface area contributed by atoms with Gasteiger partial charge >= 0.3 is 0 Å². The zero-order valence-electron chi connectivity index (χ0n) is 16.6. The molecule has 0 aromatic heterocycles. The van der Waals surface area contributed by atoms with Crippen molar-refractivity contribution in [1.29, 1.82) is 0 Å². The van der Waals surface area contributed by atoms with E-state index >= 15 is 0 Å². The van der Waals surface area contributed by atoms with E-state index < -0.39 is 5.60 Å². The van der Waals surface area contributed by atoms with Gasteiger partial charge in [-0.3, -0.25) is 0 Å². The molecule has 4 rings (SSSR count). The normalized spacial score (nSPS) is 50.4. The van der Waals surface area contributed by atoms with E-state index in [4.69, 9.17) is 0 Å². The van der Waals surface area contributed by atoms with Crippen LogP contribution in [0.5, 0.6) is 0 Å². The van der Waals surface area contributed by atoms with Crippen molar-refractivity contribution in [3.63, 3.8) is 0 Å². The van der Waals surface area contributed by atoms with Crippen molar-refractivity contribution < 1.29 is 10.2 Å². The minimum atomic E-state index is -0.584. The molecule has 0 aromatic rings. The van der Waals surface area contributed by atoms with E-state index in [1.54, 1.807) is 0 Å². The molecule has 4 aliphatic carbocycles. The van der Waals surface area contributed by atoms with Crippen LogP contribution in [0.15, 0.2) is 24.3 Å². The lowest BCUT2D eigenvalue weighted by molar-refractivity contribution is -0.122. The second-order valence-corrected chi connectivity index (χ2v) is 10.1. The lowest BCUT2D eigenvalue weighted by Gasteiger charge is -2.59. The van der Waals surface area contributed by atoms with Gasteiger partial charge in [-0.15, -0.1) is 6.58 Å². The zero-order chi connectivity index (χ0) is 18.6. The van der Waals surface area contributed by atoms with E-state index in [9.17, 15) is 10.2 Å². The molecule has 3 heteroatoms. The molecule has 3 fully saturated rings. The van der Waals surface area contributed by atoms with Gasteiger partial charge in [0.15, 0.2) is 0 Å². The largest absolute Gasteiger partial charge is 0.393 e. The maximum absolute atomic E-state index is 11.5. The summed E-state index contributed by atoms with van der Waals surface area (Å²) in [6.07, 6.45) is 12.8. The maximum Gasteiger partial charge on any atom is 0.0827 e. The van der Waals surface area contributed by atoms with Gasteiger partial charge in [0.25, 0.3) is 0 Å². The molecule has 0 radical (unpaired) electrons. The molecule has 146 valence electrons. The highest BCUT2D eigenvalue weighted by molar-refractivity contribution is 5.26. The Bertz CT molecular complexity index is 601. The first-order chi connectivity index (χ1) is 12.3. The molecule has 26 heavy (non-hydrogen) atoms. The Morgan fingerprint density at radius 1 is 1.19 bits per heavy atom. The quantitative estimate of drug-likeness (QED) is 0.528. The van der Waals surface area contributed by atoms with Crippen LogP contribution in [0, 0.1) is 28.6 Å². The van der Waals surface area contributed by atoms with Crippen molar-refractivity contribution in [3.8, 4) is 0 Å². The van der Waals surface area contributed by atoms with Gasteiger partial charge in [-0.05, 0) is 74.5 Å². The number of allylic oxidation sites excluding steroid dienone is 1. The van der Waals surface area contributed by atoms with Gasteiger partial charge < -0.3 is 15.5 Å². The molecular weight excluding hydrogens is 322 g/mol.